The first-order valence-electron chi connectivity index (χ1n) is 14.0. The minimum atomic E-state index is -4.84. The van der Waals surface area contributed by atoms with E-state index in [1.54, 1.807) is 12.1 Å². The van der Waals surface area contributed by atoms with Crippen LogP contribution in [0, 0.1) is 11.7 Å². The summed E-state index contributed by atoms with van der Waals surface area (Å²) in [6.07, 6.45) is -4.84. The van der Waals surface area contributed by atoms with Crippen LogP contribution in [0.25, 0.3) is 10.8 Å². The van der Waals surface area contributed by atoms with Gasteiger partial charge in [-0.05, 0) is 41.3 Å². The maximum Gasteiger partial charge on any atom is 0.418 e. The molecule has 13 heteroatoms. The topological polar surface area (TPSA) is 88.5 Å². The minimum absolute atomic E-state index is 0.255. The number of halogens is 4. The van der Waals surface area contributed by atoms with E-state index < -0.39 is 69.5 Å². The van der Waals surface area contributed by atoms with Gasteiger partial charge >= 0.3 is 11.0 Å². The van der Waals surface area contributed by atoms with Crippen LogP contribution in [0.1, 0.15) is 21.9 Å². The van der Waals surface area contributed by atoms with Crippen molar-refractivity contribution in [3.63, 3.8) is 0 Å². The number of amides is 3. The molecule has 2 aliphatic rings. The molecule has 1 aromatic heterocycles. The number of thiazole rings is 1. The van der Waals surface area contributed by atoms with Gasteiger partial charge in [0.25, 0.3) is 0 Å². The van der Waals surface area contributed by atoms with Gasteiger partial charge in [0.15, 0.2) is 0 Å². The Kier molecular flexibility index (Phi) is 7.32. The van der Waals surface area contributed by atoms with Crippen molar-refractivity contribution in [2.45, 2.75) is 28.9 Å². The average molecular weight is 664 g/mol. The molecule has 3 heterocycles. The van der Waals surface area contributed by atoms with Gasteiger partial charge in [-0.15, -0.1) is 0 Å². The molecule has 0 aliphatic carbocycles. The van der Waals surface area contributed by atoms with E-state index in [9.17, 15) is 36.7 Å². The number of rotatable bonds is 5. The minimum Gasteiger partial charge on any atom is -0.324 e. The fourth-order valence-corrected chi connectivity index (χ4v) is 8.87. The Morgan fingerprint density at radius 3 is 2.30 bits per heavy atom. The third-order valence-electron chi connectivity index (χ3n) is 8.09. The predicted octanol–water partition coefficient (Wildman–Crippen LogP) is 6.66. The molecular weight excluding hydrogens is 643 g/mol. The van der Waals surface area contributed by atoms with Crippen molar-refractivity contribution < 1.29 is 31.9 Å². The molecule has 0 saturated carbocycles. The van der Waals surface area contributed by atoms with Crippen molar-refractivity contribution in [2.75, 3.05) is 10.2 Å². The summed E-state index contributed by atoms with van der Waals surface area (Å²) in [6.45, 7) is -0.419. The predicted molar refractivity (Wildman–Crippen MR) is 166 cm³/mol. The molecule has 2 aliphatic heterocycles. The normalized spacial score (nSPS) is 19.3. The Morgan fingerprint density at radius 2 is 1.54 bits per heavy atom. The lowest BCUT2D eigenvalue weighted by atomic mass is 9.83. The number of nitrogens with zero attached hydrogens (tertiary/aromatic N) is 2. The Morgan fingerprint density at radius 1 is 0.848 bits per heavy atom. The van der Waals surface area contributed by atoms with Crippen LogP contribution in [-0.2, 0) is 27.1 Å². The van der Waals surface area contributed by atoms with Crippen LogP contribution in [0.3, 0.4) is 0 Å². The van der Waals surface area contributed by atoms with E-state index in [-0.39, 0.29) is 5.03 Å². The first-order valence-corrected chi connectivity index (χ1v) is 15.7. The number of fused-ring (bicyclic) bond motifs is 3. The van der Waals surface area contributed by atoms with Gasteiger partial charge < -0.3 is 5.32 Å². The van der Waals surface area contributed by atoms with Gasteiger partial charge in [0.2, 0.25) is 17.7 Å². The van der Waals surface area contributed by atoms with Crippen LogP contribution < -0.4 is 15.1 Å². The van der Waals surface area contributed by atoms with E-state index in [1.807, 2.05) is 30.3 Å². The van der Waals surface area contributed by atoms with E-state index in [1.165, 1.54) is 41.0 Å². The number of hydrogen-bond donors (Lipinski definition) is 1. The molecule has 3 atom stereocenters. The molecule has 7 rings (SSSR count). The van der Waals surface area contributed by atoms with Gasteiger partial charge in [0.05, 0.1) is 22.2 Å². The number of thioether (sulfide) groups is 1. The zero-order valence-electron chi connectivity index (χ0n) is 23.5. The molecule has 1 fully saturated rings. The number of nitrogens with one attached hydrogen (secondary N) is 1. The van der Waals surface area contributed by atoms with Crippen LogP contribution in [0.5, 0.6) is 0 Å². The third kappa shape index (κ3) is 4.99. The number of para-hydroxylation sites is 1. The van der Waals surface area contributed by atoms with Crippen LogP contribution >= 0.6 is 23.1 Å². The summed E-state index contributed by atoms with van der Waals surface area (Å²) in [7, 11) is 0. The summed E-state index contributed by atoms with van der Waals surface area (Å²) < 4.78 is 57.1. The SMILES string of the molecule is O=C(Cn1c2c(sc1=O)C(c1ccc(F)cc1)C1C(=O)N(c3ccccc3C(F)(F)F)C(=O)C1S2)Nc1cccc2ccccc12. The highest BCUT2D eigenvalue weighted by atomic mass is 32.2. The number of anilines is 2. The lowest BCUT2D eigenvalue weighted by Crippen LogP contribution is -2.33. The smallest absolute Gasteiger partial charge is 0.324 e. The lowest BCUT2D eigenvalue weighted by Gasteiger charge is -2.30. The summed E-state index contributed by atoms with van der Waals surface area (Å²) in [5.41, 5.74) is -0.796. The summed E-state index contributed by atoms with van der Waals surface area (Å²) >= 11 is 1.66. The maximum atomic E-state index is 14.0. The Balaban J connectivity index is 1.29. The van der Waals surface area contributed by atoms with Crippen LogP contribution in [0.15, 0.2) is 101 Å². The molecule has 3 amide bonds. The van der Waals surface area contributed by atoms with Crippen molar-refractivity contribution >= 4 is 63.0 Å². The van der Waals surface area contributed by atoms with Crippen LogP contribution in [0.4, 0.5) is 28.9 Å². The van der Waals surface area contributed by atoms with Gasteiger partial charge in [0, 0.05) is 21.9 Å². The fraction of sp³-hybridized carbons (Fsp3) is 0.152. The number of hydrogen-bond acceptors (Lipinski definition) is 6. The maximum absolute atomic E-state index is 14.0. The molecule has 7 nitrogen and oxygen atoms in total. The summed E-state index contributed by atoms with van der Waals surface area (Å²) in [6, 6.07) is 22.3. The standard InChI is InChI=1S/C33H21F4N3O4S2/c34-19-14-12-18(13-15-19)25-26-27(30(43)40(29(26)42)23-11-4-3-9-21(23)33(35,36)37)45-31-28(25)46-32(44)39(31)16-24(41)38-22-10-5-7-17-6-1-2-8-20(17)22/h1-15,25-27H,16H2,(H,38,41). The fourth-order valence-electron chi connectivity index (χ4n) is 6.10. The second-order valence-corrected chi connectivity index (χ2v) is 12.9. The molecule has 1 N–H and O–H groups in total. The molecular formula is C33H21F4N3O4S2. The van der Waals surface area contributed by atoms with Gasteiger partial charge in [-0.3, -0.25) is 23.7 Å². The highest BCUT2D eigenvalue weighted by molar-refractivity contribution is 8.00. The van der Waals surface area contributed by atoms with Gasteiger partial charge in [0.1, 0.15) is 17.6 Å². The average Bonchev–Trinajstić information content (AvgIpc) is 3.47. The van der Waals surface area contributed by atoms with E-state index in [2.05, 4.69) is 5.32 Å². The lowest BCUT2D eigenvalue weighted by molar-refractivity contribution is -0.137. The van der Waals surface area contributed by atoms with Gasteiger partial charge in [-0.2, -0.15) is 13.2 Å². The monoisotopic (exact) mass is 663 g/mol. The number of carbonyl (C=O) groups excluding carboxylic acids is 3. The van der Waals surface area contributed by atoms with Crippen molar-refractivity contribution in [3.8, 4) is 0 Å². The molecule has 0 radical (unpaired) electrons. The zero-order chi connectivity index (χ0) is 32.3. The van der Waals surface area contributed by atoms with E-state index >= 15 is 0 Å². The number of benzene rings is 4. The molecule has 0 spiro atoms. The summed E-state index contributed by atoms with van der Waals surface area (Å²) in [5.74, 6) is -4.96. The first kappa shape index (κ1) is 29.9. The third-order valence-corrected chi connectivity index (χ3v) is 10.7. The van der Waals surface area contributed by atoms with Crippen LogP contribution in [0.2, 0.25) is 0 Å². The molecule has 232 valence electrons. The number of imide groups is 1. The molecule has 0 bridgehead atoms. The highest BCUT2D eigenvalue weighted by Crippen LogP contribution is 2.54. The molecule has 1 saturated heterocycles. The molecule has 4 aromatic carbocycles. The van der Waals surface area contributed by atoms with Crippen molar-refractivity contribution in [1.29, 1.82) is 0 Å². The van der Waals surface area contributed by atoms with Gasteiger partial charge in [-0.25, -0.2) is 9.29 Å². The van der Waals surface area contributed by atoms with Crippen molar-refractivity contribution in [3.05, 3.63) is 122 Å². The Labute approximate surface area is 266 Å². The molecule has 46 heavy (non-hydrogen) atoms. The summed E-state index contributed by atoms with van der Waals surface area (Å²) in [4.78, 5) is 55.0. The largest absolute Gasteiger partial charge is 0.418 e. The van der Waals surface area contributed by atoms with E-state index in [0.717, 1.165) is 46.0 Å². The van der Waals surface area contributed by atoms with Crippen molar-refractivity contribution in [1.82, 2.24) is 4.57 Å². The van der Waals surface area contributed by atoms with E-state index in [0.29, 0.717) is 21.0 Å². The molecule has 5 aromatic rings. The zero-order valence-corrected chi connectivity index (χ0v) is 25.1. The van der Waals surface area contributed by atoms with Crippen molar-refractivity contribution in [2.24, 2.45) is 5.92 Å². The first-order chi connectivity index (χ1) is 22.0. The number of alkyl halides is 3. The Bertz CT molecular complexity index is 2100. The summed E-state index contributed by atoms with van der Waals surface area (Å²) in [5, 5.41) is 3.57. The quantitative estimate of drug-likeness (QED) is 0.168. The Hall–Kier alpha value is -4.75. The second-order valence-electron chi connectivity index (χ2n) is 10.8. The van der Waals surface area contributed by atoms with Gasteiger partial charge in [-0.1, -0.05) is 83.8 Å². The second kappa shape index (κ2) is 11.2. The number of carbonyl (C=O) groups is 3. The number of aromatic nitrogens is 1. The molecule has 3 unspecified atom stereocenters. The van der Waals surface area contributed by atoms with E-state index in [4.69, 9.17) is 0 Å². The highest BCUT2D eigenvalue weighted by Gasteiger charge is 2.57. The van der Waals surface area contributed by atoms with Crippen LogP contribution in [-0.4, -0.2) is 27.5 Å².